The van der Waals surface area contributed by atoms with E-state index < -0.39 is 18.2 Å². The van der Waals surface area contributed by atoms with Crippen molar-refractivity contribution >= 4 is 35.8 Å². The Morgan fingerprint density at radius 1 is 1.06 bits per heavy atom. The van der Waals surface area contributed by atoms with E-state index in [9.17, 15) is 8.42 Å². The molecule has 0 bridgehead atoms. The number of nitrogens with one attached hydrogen (secondary N) is 2. The van der Waals surface area contributed by atoms with Crippen molar-refractivity contribution in [2.45, 2.75) is 25.7 Å². The lowest BCUT2D eigenvalue weighted by Gasteiger charge is -2.13. The normalized spacial score (nSPS) is 13.1. The number of anilines is 1. The number of rotatable bonds is 14. The molecule has 0 aliphatic carbocycles. The van der Waals surface area contributed by atoms with Gasteiger partial charge in [0.15, 0.2) is 12.8 Å². The summed E-state index contributed by atoms with van der Waals surface area (Å²) in [4.78, 5) is 6.26. The molecular formula is C25H38N4O5SSi+2. The molecule has 0 heterocycles. The fourth-order valence-electron chi connectivity index (χ4n) is 2.95. The Hall–Kier alpha value is -2.99. The SMILES string of the molecule is C[Si](C)(C)CCOC[NH+]=C(C=CN)c1ccc(Oc2ccc(N)c(C=[NH+]CCOS(C)(=O)=O)c2)cc1. The van der Waals surface area contributed by atoms with E-state index in [0.29, 0.717) is 36.0 Å². The molecular weight excluding hydrogens is 496 g/mol. The van der Waals surface area contributed by atoms with E-state index in [1.807, 2.05) is 24.3 Å². The van der Waals surface area contributed by atoms with Crippen LogP contribution < -0.4 is 26.2 Å². The predicted octanol–water partition coefficient (Wildman–Crippen LogP) is 0.191. The molecule has 0 unspecified atom stereocenters. The lowest BCUT2D eigenvalue weighted by Crippen LogP contribution is -2.73. The van der Waals surface area contributed by atoms with Gasteiger partial charge in [-0.3, -0.25) is 4.18 Å². The Bertz CT molecular complexity index is 1170. The highest BCUT2D eigenvalue weighted by atomic mass is 32.2. The first-order valence-electron chi connectivity index (χ1n) is 11.6. The van der Waals surface area contributed by atoms with Crippen LogP contribution >= 0.6 is 0 Å². The topological polar surface area (TPSA) is 142 Å². The molecule has 9 nitrogen and oxygen atoms in total. The molecule has 0 aromatic heterocycles. The smallest absolute Gasteiger partial charge is 0.264 e. The van der Waals surface area contributed by atoms with Gasteiger partial charge in [0.05, 0.1) is 18.4 Å². The Morgan fingerprint density at radius 3 is 2.39 bits per heavy atom. The number of nitrogens with two attached hydrogens (primary N) is 2. The third-order valence-corrected chi connectivity index (χ3v) is 7.18. The average Bonchev–Trinajstić information content (AvgIpc) is 2.79. The van der Waals surface area contributed by atoms with Gasteiger partial charge in [0.25, 0.3) is 10.1 Å². The summed E-state index contributed by atoms with van der Waals surface area (Å²) in [5.41, 5.74) is 14.7. The molecule has 196 valence electrons. The van der Waals surface area contributed by atoms with Crippen molar-refractivity contribution in [2.75, 3.05) is 38.5 Å². The lowest BCUT2D eigenvalue weighted by molar-refractivity contribution is -0.506. The van der Waals surface area contributed by atoms with Gasteiger partial charge in [0, 0.05) is 31.6 Å². The fraction of sp³-hybridized carbons (Fsp3) is 0.360. The standard InChI is InChI=1S/C25H36N4O5SSi/c1-35(30,31)33-14-13-28-18-21-17-23(9-10-24(21)27)34-22-7-5-20(6-8-22)25(11-12-26)29-19-32-15-16-36(2,3)4/h5-12,17-18H,13-16,19,26-27H2,1-4H3/p+2. The summed E-state index contributed by atoms with van der Waals surface area (Å²) in [6.45, 7) is 8.44. The van der Waals surface area contributed by atoms with Crippen molar-refractivity contribution in [1.82, 2.24) is 0 Å². The van der Waals surface area contributed by atoms with Gasteiger partial charge < -0.3 is 20.9 Å². The quantitative estimate of drug-likeness (QED) is 0.0677. The van der Waals surface area contributed by atoms with Crippen LogP contribution in [0.25, 0.3) is 0 Å². The van der Waals surface area contributed by atoms with Gasteiger partial charge >= 0.3 is 0 Å². The molecule has 0 aliphatic heterocycles. The molecule has 0 fully saturated rings. The molecule has 11 heteroatoms. The van der Waals surface area contributed by atoms with Crippen LogP contribution in [0.1, 0.15) is 11.1 Å². The van der Waals surface area contributed by atoms with Crippen molar-refractivity contribution in [3.05, 3.63) is 65.9 Å². The highest BCUT2D eigenvalue weighted by Gasteiger charge is 2.13. The Balaban J connectivity index is 2.01. The van der Waals surface area contributed by atoms with E-state index >= 15 is 0 Å². The maximum Gasteiger partial charge on any atom is 0.264 e. The van der Waals surface area contributed by atoms with Gasteiger partial charge in [0.2, 0.25) is 12.4 Å². The lowest BCUT2D eigenvalue weighted by atomic mass is 10.1. The maximum absolute atomic E-state index is 11.0. The third kappa shape index (κ3) is 11.6. The number of hydrogen-bond acceptors (Lipinski definition) is 7. The molecule has 36 heavy (non-hydrogen) atoms. The number of ether oxygens (including phenoxy) is 2. The Kier molecular flexibility index (Phi) is 11.3. The number of benzene rings is 2. The summed E-state index contributed by atoms with van der Waals surface area (Å²) >= 11 is 0. The summed E-state index contributed by atoms with van der Waals surface area (Å²) in [5.74, 6) is 1.27. The van der Waals surface area contributed by atoms with Gasteiger partial charge in [-0.1, -0.05) is 19.6 Å². The average molecular weight is 535 g/mol. The molecule has 0 saturated heterocycles. The minimum absolute atomic E-state index is 0.0234. The summed E-state index contributed by atoms with van der Waals surface area (Å²) < 4.78 is 38.4. The second kappa shape index (κ2) is 13.9. The second-order valence-electron chi connectivity index (χ2n) is 9.35. The minimum Gasteiger partial charge on any atom is -0.457 e. The van der Waals surface area contributed by atoms with Crippen molar-refractivity contribution in [1.29, 1.82) is 0 Å². The van der Waals surface area contributed by atoms with Crippen LogP contribution in [0, 0.1) is 0 Å². The van der Waals surface area contributed by atoms with E-state index in [4.69, 9.17) is 25.1 Å². The Labute approximate surface area is 215 Å². The zero-order chi connectivity index (χ0) is 26.6. The first-order valence-corrected chi connectivity index (χ1v) is 17.1. The Morgan fingerprint density at radius 2 is 1.75 bits per heavy atom. The van der Waals surface area contributed by atoms with Gasteiger partial charge in [-0.05, 0) is 48.5 Å². The number of allylic oxidation sites excluding steroid dienone is 1. The van der Waals surface area contributed by atoms with Gasteiger partial charge in [0.1, 0.15) is 18.1 Å². The monoisotopic (exact) mass is 534 g/mol. The molecule has 6 N–H and O–H groups in total. The molecule has 2 aromatic rings. The summed E-state index contributed by atoms with van der Waals surface area (Å²) in [6, 6.07) is 14.0. The summed E-state index contributed by atoms with van der Waals surface area (Å²) in [6.07, 6.45) is 5.99. The van der Waals surface area contributed by atoms with Gasteiger partial charge in [-0.2, -0.15) is 8.42 Å². The van der Waals surface area contributed by atoms with Crippen LogP contribution in [0.4, 0.5) is 5.69 Å². The first kappa shape index (κ1) is 29.2. The second-order valence-corrected chi connectivity index (χ2v) is 16.6. The molecule has 2 rings (SSSR count). The van der Waals surface area contributed by atoms with Crippen molar-refractivity contribution in [2.24, 2.45) is 5.73 Å². The summed E-state index contributed by atoms with van der Waals surface area (Å²) in [7, 11) is -4.58. The van der Waals surface area contributed by atoms with Crippen molar-refractivity contribution in [3.63, 3.8) is 0 Å². The van der Waals surface area contributed by atoms with Crippen LogP contribution in [0.5, 0.6) is 11.5 Å². The van der Waals surface area contributed by atoms with E-state index in [0.717, 1.165) is 30.2 Å². The molecule has 2 aromatic carbocycles. The molecule has 0 saturated carbocycles. The first-order chi connectivity index (χ1) is 17.0. The van der Waals surface area contributed by atoms with Crippen LogP contribution in [-0.2, 0) is 19.0 Å². The molecule has 0 amide bonds. The number of hydrogen-bond donors (Lipinski definition) is 4. The summed E-state index contributed by atoms with van der Waals surface area (Å²) in [5, 5.41) is 0. The third-order valence-electron chi connectivity index (χ3n) is 4.88. The zero-order valence-corrected chi connectivity index (χ0v) is 23.2. The zero-order valence-electron chi connectivity index (χ0n) is 21.4. The van der Waals surface area contributed by atoms with Crippen LogP contribution in [0.15, 0.2) is 54.7 Å². The molecule has 0 atom stereocenters. The van der Waals surface area contributed by atoms with E-state index in [2.05, 4.69) is 29.6 Å². The maximum atomic E-state index is 11.0. The van der Waals surface area contributed by atoms with Crippen LogP contribution in [-0.4, -0.2) is 61.2 Å². The molecule has 0 spiro atoms. The molecule has 0 radical (unpaired) electrons. The van der Waals surface area contributed by atoms with Crippen molar-refractivity contribution < 1.29 is 32.1 Å². The van der Waals surface area contributed by atoms with Crippen LogP contribution in [0.2, 0.25) is 25.7 Å². The fourth-order valence-corrected chi connectivity index (χ4v) is 4.09. The van der Waals surface area contributed by atoms with E-state index in [-0.39, 0.29) is 6.61 Å². The molecule has 0 aliphatic rings. The van der Waals surface area contributed by atoms with E-state index in [1.165, 1.54) is 6.20 Å². The van der Waals surface area contributed by atoms with Gasteiger partial charge in [-0.25, -0.2) is 9.98 Å². The predicted molar refractivity (Wildman–Crippen MR) is 147 cm³/mol. The van der Waals surface area contributed by atoms with Crippen molar-refractivity contribution in [3.8, 4) is 11.5 Å². The van der Waals surface area contributed by atoms with Crippen LogP contribution in [0.3, 0.4) is 0 Å². The highest BCUT2D eigenvalue weighted by molar-refractivity contribution is 7.85. The minimum atomic E-state index is -3.46. The largest absolute Gasteiger partial charge is 0.457 e. The number of nitrogen functional groups attached to an aromatic ring is 1. The van der Waals surface area contributed by atoms with Gasteiger partial charge in [-0.15, -0.1) is 0 Å². The highest BCUT2D eigenvalue weighted by Crippen LogP contribution is 2.24. The van der Waals surface area contributed by atoms with E-state index in [1.54, 1.807) is 30.5 Å².